The average molecular weight is 541 g/mol. The van der Waals surface area contributed by atoms with Crippen molar-refractivity contribution in [3.8, 4) is 4.90 Å². The number of halogens is 2. The maximum atomic E-state index is 2.51. The van der Waals surface area contributed by atoms with E-state index in [0.29, 0.717) is 0 Å². The van der Waals surface area contributed by atoms with Crippen molar-refractivity contribution in [3.05, 3.63) is 73.4 Å². The molecule has 1 heterocycles. The first-order valence-corrected chi connectivity index (χ1v) is 11.0. The number of fused-ring (bicyclic) bond motifs is 3. The molecule has 0 bridgehead atoms. The second-order valence-corrected chi connectivity index (χ2v) is 9.74. The maximum absolute atomic E-state index is 2.51. The molecule has 1 unspecified atom stereocenters. The summed E-state index contributed by atoms with van der Waals surface area (Å²) in [5.41, 5.74) is 1.40. The van der Waals surface area contributed by atoms with E-state index in [0.717, 1.165) is 6.42 Å². The Morgan fingerprint density at radius 1 is 0.826 bits per heavy atom. The van der Waals surface area contributed by atoms with Gasteiger partial charge in [0.2, 0.25) is 0 Å². The quantitative estimate of drug-likeness (QED) is 0.182. The van der Waals surface area contributed by atoms with Crippen molar-refractivity contribution in [3.63, 3.8) is 0 Å². The minimum absolute atomic E-state index is 0.0225. The molecule has 0 amide bonds. The fourth-order valence-corrected chi connectivity index (χ4v) is 6.81. The highest BCUT2D eigenvalue weighted by Gasteiger charge is 2.25. The summed E-state index contributed by atoms with van der Waals surface area (Å²) in [4.78, 5) is 1.42. The molecular formula is C20H15I2S+. The Labute approximate surface area is 166 Å². The lowest BCUT2D eigenvalue weighted by atomic mass is 10.2. The predicted molar refractivity (Wildman–Crippen MR) is 120 cm³/mol. The van der Waals surface area contributed by atoms with E-state index in [1.165, 1.54) is 37.8 Å². The standard InChI is InChI=1S/C20H15I2S/c1-2-13-7-9-14(10-8-13)23-17-6-4-3-5-15(17)19-18(23)12-11-16(21)20(19)22/h3-12H,2H2,1H3/q+1. The zero-order valence-corrected chi connectivity index (χ0v) is 17.8. The Morgan fingerprint density at radius 3 is 2.30 bits per heavy atom. The van der Waals surface area contributed by atoms with E-state index < -0.39 is 0 Å². The lowest BCUT2D eigenvalue weighted by Gasteiger charge is -1.98. The lowest BCUT2D eigenvalue weighted by Crippen LogP contribution is -1.80. The van der Waals surface area contributed by atoms with E-state index in [9.17, 15) is 0 Å². The highest BCUT2D eigenvalue weighted by Crippen LogP contribution is 2.49. The van der Waals surface area contributed by atoms with Crippen molar-refractivity contribution in [2.75, 3.05) is 0 Å². The minimum Gasteiger partial charge on any atom is -0.0613 e. The number of hydrogen-bond donors (Lipinski definition) is 0. The Bertz CT molecular complexity index is 1010. The van der Waals surface area contributed by atoms with Crippen molar-refractivity contribution in [1.29, 1.82) is 0 Å². The van der Waals surface area contributed by atoms with Gasteiger partial charge in [-0.15, -0.1) is 0 Å². The van der Waals surface area contributed by atoms with Crippen LogP contribution in [0.2, 0.25) is 0 Å². The third-order valence-corrected chi connectivity index (χ3v) is 9.59. The Morgan fingerprint density at radius 2 is 1.57 bits per heavy atom. The molecule has 0 saturated heterocycles. The van der Waals surface area contributed by atoms with Crippen LogP contribution in [0.15, 0.2) is 60.7 Å². The molecule has 4 rings (SSSR count). The summed E-state index contributed by atoms with van der Waals surface area (Å²) in [7, 11) is 0.0225. The van der Waals surface area contributed by atoms with Crippen molar-refractivity contribution in [2.45, 2.75) is 13.3 Å². The molecule has 0 nitrogen and oxygen atoms in total. The molecule has 1 aromatic heterocycles. The number of thiophene rings is 1. The predicted octanol–water partition coefficient (Wildman–Crippen LogP) is 7.50. The molecule has 0 aliphatic carbocycles. The molecule has 0 saturated carbocycles. The smallest absolute Gasteiger partial charge is 0.0613 e. The Kier molecular flexibility index (Phi) is 4.36. The van der Waals surface area contributed by atoms with Gasteiger partial charge in [-0.25, -0.2) is 0 Å². The number of rotatable bonds is 2. The van der Waals surface area contributed by atoms with Gasteiger partial charge < -0.3 is 0 Å². The second-order valence-electron chi connectivity index (χ2n) is 5.53. The van der Waals surface area contributed by atoms with Crippen LogP contribution in [0, 0.1) is 7.14 Å². The number of benzene rings is 3. The third-order valence-electron chi connectivity index (χ3n) is 4.22. The van der Waals surface area contributed by atoms with Crippen LogP contribution in [0.25, 0.3) is 25.1 Å². The van der Waals surface area contributed by atoms with Gasteiger partial charge in [-0.3, -0.25) is 0 Å². The molecule has 1 atom stereocenters. The van der Waals surface area contributed by atoms with Crippen molar-refractivity contribution in [1.82, 2.24) is 0 Å². The molecule has 0 aliphatic rings. The Hall–Kier alpha value is -0.660. The fourth-order valence-electron chi connectivity index (χ4n) is 3.04. The normalized spacial score (nSPS) is 12.2. The van der Waals surface area contributed by atoms with Gasteiger partial charge in [-0.2, -0.15) is 0 Å². The molecule has 4 aromatic rings. The highest BCUT2D eigenvalue weighted by atomic mass is 127. The molecule has 3 aromatic carbocycles. The first-order chi connectivity index (χ1) is 11.2. The van der Waals surface area contributed by atoms with Gasteiger partial charge in [-0.05, 0) is 87.5 Å². The lowest BCUT2D eigenvalue weighted by molar-refractivity contribution is 1.14. The monoisotopic (exact) mass is 541 g/mol. The van der Waals surface area contributed by atoms with Gasteiger partial charge in [-0.1, -0.05) is 31.2 Å². The summed E-state index contributed by atoms with van der Waals surface area (Å²) in [6.45, 7) is 2.21. The molecule has 0 N–H and O–H groups in total. The van der Waals surface area contributed by atoms with Crippen LogP contribution in [0.5, 0.6) is 0 Å². The first kappa shape index (κ1) is 15.8. The van der Waals surface area contributed by atoms with Crippen molar-refractivity contribution in [2.24, 2.45) is 0 Å². The van der Waals surface area contributed by atoms with Crippen LogP contribution >= 0.6 is 55.7 Å². The van der Waals surface area contributed by atoms with Gasteiger partial charge >= 0.3 is 0 Å². The van der Waals surface area contributed by atoms with Gasteiger partial charge in [0.05, 0.1) is 5.39 Å². The van der Waals surface area contributed by atoms with Crippen molar-refractivity contribution < 1.29 is 0 Å². The summed E-state index contributed by atoms with van der Waals surface area (Å²) in [5.74, 6) is 0. The molecule has 114 valence electrons. The average Bonchev–Trinajstić information content (AvgIpc) is 2.93. The zero-order valence-electron chi connectivity index (χ0n) is 12.6. The maximum Gasteiger partial charge on any atom is 0.188 e. The highest BCUT2D eigenvalue weighted by molar-refractivity contribution is 14.1. The summed E-state index contributed by atoms with van der Waals surface area (Å²) >= 11 is 4.95. The van der Waals surface area contributed by atoms with Crippen LogP contribution in [-0.4, -0.2) is 0 Å². The summed E-state index contributed by atoms with van der Waals surface area (Å²) < 4.78 is 5.66. The summed E-state index contributed by atoms with van der Waals surface area (Å²) in [6.07, 6.45) is 1.09. The minimum atomic E-state index is 0.0225. The van der Waals surface area contributed by atoms with Crippen LogP contribution in [-0.2, 0) is 6.42 Å². The van der Waals surface area contributed by atoms with Gasteiger partial charge in [0, 0.05) is 29.1 Å². The topological polar surface area (TPSA) is 0 Å². The van der Waals surface area contributed by atoms with Crippen LogP contribution < -0.4 is 0 Å². The van der Waals surface area contributed by atoms with E-state index in [4.69, 9.17) is 0 Å². The molecule has 3 heteroatoms. The summed E-state index contributed by atoms with van der Waals surface area (Å²) in [5, 5.41) is 2.85. The molecule has 0 fully saturated rings. The summed E-state index contributed by atoms with van der Waals surface area (Å²) in [6, 6.07) is 22.7. The van der Waals surface area contributed by atoms with Gasteiger partial charge in [0.1, 0.15) is 0 Å². The zero-order chi connectivity index (χ0) is 16.0. The van der Waals surface area contributed by atoms with Crippen molar-refractivity contribution >= 4 is 75.8 Å². The number of aryl methyl sites for hydroxylation is 1. The van der Waals surface area contributed by atoms with Crippen LogP contribution in [0.4, 0.5) is 0 Å². The van der Waals surface area contributed by atoms with E-state index in [1.54, 1.807) is 0 Å². The van der Waals surface area contributed by atoms with Crippen LogP contribution in [0.3, 0.4) is 0 Å². The largest absolute Gasteiger partial charge is 0.188 e. The van der Waals surface area contributed by atoms with Gasteiger partial charge in [0.15, 0.2) is 14.3 Å². The molecule has 0 aliphatic heterocycles. The SMILES string of the molecule is CCc1ccc(-[s+]2c3ccccc3c3c(I)c(I)ccc32)cc1. The third kappa shape index (κ3) is 2.61. The van der Waals surface area contributed by atoms with E-state index in [-0.39, 0.29) is 10.5 Å². The van der Waals surface area contributed by atoms with Crippen LogP contribution in [0.1, 0.15) is 12.5 Å². The van der Waals surface area contributed by atoms with E-state index >= 15 is 0 Å². The Balaban J connectivity index is 2.13. The van der Waals surface area contributed by atoms with E-state index in [2.05, 4.69) is 113 Å². The van der Waals surface area contributed by atoms with E-state index in [1.807, 2.05) is 0 Å². The number of hydrogen-bond acceptors (Lipinski definition) is 0. The molecule has 23 heavy (non-hydrogen) atoms. The molecule has 0 spiro atoms. The first-order valence-electron chi connectivity index (χ1n) is 7.61. The van der Waals surface area contributed by atoms with Gasteiger partial charge in [0.25, 0.3) is 0 Å². The second kappa shape index (κ2) is 6.33. The fraction of sp³-hybridized carbons (Fsp3) is 0.100. The molecular weight excluding hydrogens is 526 g/mol. The molecule has 0 radical (unpaired) electrons.